The van der Waals surface area contributed by atoms with Crippen LogP contribution < -0.4 is 0 Å². The van der Waals surface area contributed by atoms with Crippen molar-refractivity contribution in [3.05, 3.63) is 0 Å². The Bertz CT molecular complexity index is 239. The van der Waals surface area contributed by atoms with E-state index in [0.717, 1.165) is 19.5 Å². The van der Waals surface area contributed by atoms with Crippen LogP contribution in [0.3, 0.4) is 0 Å². The molecule has 3 nitrogen and oxygen atoms in total. The molecular formula is C15H30N2O. The summed E-state index contributed by atoms with van der Waals surface area (Å²) in [5, 5.41) is 10.3. The maximum Gasteiger partial charge on any atom is 0.0695 e. The molecule has 18 heavy (non-hydrogen) atoms. The SMILES string of the molecule is CCC(C)N1CCN(C2CCCCCC2O)CC1. The van der Waals surface area contributed by atoms with Gasteiger partial charge in [-0.2, -0.15) is 0 Å². The molecule has 0 aromatic carbocycles. The first-order valence-corrected chi connectivity index (χ1v) is 7.88. The van der Waals surface area contributed by atoms with Gasteiger partial charge in [-0.3, -0.25) is 9.80 Å². The van der Waals surface area contributed by atoms with Crippen LogP contribution in [-0.2, 0) is 0 Å². The zero-order valence-corrected chi connectivity index (χ0v) is 12.1. The smallest absolute Gasteiger partial charge is 0.0695 e. The molecule has 3 heteroatoms. The highest BCUT2D eigenvalue weighted by Gasteiger charge is 2.30. The Balaban J connectivity index is 1.84. The molecule has 3 atom stereocenters. The molecule has 1 heterocycles. The van der Waals surface area contributed by atoms with E-state index in [-0.39, 0.29) is 6.10 Å². The van der Waals surface area contributed by atoms with Crippen molar-refractivity contribution >= 4 is 0 Å². The average molecular weight is 254 g/mol. The number of aliphatic hydroxyl groups excluding tert-OH is 1. The monoisotopic (exact) mass is 254 g/mol. The van der Waals surface area contributed by atoms with Gasteiger partial charge in [-0.25, -0.2) is 0 Å². The van der Waals surface area contributed by atoms with Crippen LogP contribution in [0.5, 0.6) is 0 Å². The van der Waals surface area contributed by atoms with Crippen molar-refractivity contribution in [2.75, 3.05) is 26.2 Å². The van der Waals surface area contributed by atoms with E-state index in [4.69, 9.17) is 0 Å². The minimum Gasteiger partial charge on any atom is -0.391 e. The summed E-state index contributed by atoms with van der Waals surface area (Å²) < 4.78 is 0. The standard InChI is InChI=1S/C15H30N2O/c1-3-13(2)16-9-11-17(12-10-16)14-7-5-4-6-8-15(14)18/h13-15,18H,3-12H2,1-2H3. The largest absolute Gasteiger partial charge is 0.391 e. The highest BCUT2D eigenvalue weighted by Crippen LogP contribution is 2.24. The summed E-state index contributed by atoms with van der Waals surface area (Å²) in [4.78, 5) is 5.15. The Kier molecular flexibility index (Phi) is 5.46. The maximum atomic E-state index is 10.3. The Morgan fingerprint density at radius 3 is 2.39 bits per heavy atom. The molecule has 0 radical (unpaired) electrons. The molecule has 2 fully saturated rings. The van der Waals surface area contributed by atoms with E-state index in [1.165, 1.54) is 45.2 Å². The summed E-state index contributed by atoms with van der Waals surface area (Å²) in [5.74, 6) is 0. The zero-order valence-electron chi connectivity index (χ0n) is 12.1. The molecule has 106 valence electrons. The van der Waals surface area contributed by atoms with Gasteiger partial charge >= 0.3 is 0 Å². The number of rotatable bonds is 3. The van der Waals surface area contributed by atoms with Gasteiger partial charge in [0.25, 0.3) is 0 Å². The van der Waals surface area contributed by atoms with Gasteiger partial charge in [0.05, 0.1) is 6.10 Å². The lowest BCUT2D eigenvalue weighted by Gasteiger charge is -2.42. The second-order valence-corrected chi connectivity index (χ2v) is 6.10. The lowest BCUT2D eigenvalue weighted by atomic mass is 10.0. The van der Waals surface area contributed by atoms with Crippen LogP contribution >= 0.6 is 0 Å². The molecular weight excluding hydrogens is 224 g/mol. The zero-order chi connectivity index (χ0) is 13.0. The molecule has 0 aromatic heterocycles. The number of hydrogen-bond acceptors (Lipinski definition) is 3. The number of hydrogen-bond donors (Lipinski definition) is 1. The Morgan fingerprint density at radius 1 is 1.06 bits per heavy atom. The summed E-state index contributed by atoms with van der Waals surface area (Å²) in [6.07, 6.45) is 7.19. The lowest BCUT2D eigenvalue weighted by Crippen LogP contribution is -2.55. The van der Waals surface area contributed by atoms with Crippen LogP contribution in [0.1, 0.15) is 52.4 Å². The van der Waals surface area contributed by atoms with Crippen molar-refractivity contribution < 1.29 is 5.11 Å². The van der Waals surface area contributed by atoms with Crippen LogP contribution in [-0.4, -0.2) is 59.3 Å². The maximum absolute atomic E-state index is 10.3. The minimum atomic E-state index is -0.0809. The van der Waals surface area contributed by atoms with E-state index in [2.05, 4.69) is 23.6 Å². The van der Waals surface area contributed by atoms with E-state index in [9.17, 15) is 5.11 Å². The molecule has 1 aliphatic heterocycles. The summed E-state index contributed by atoms with van der Waals surface area (Å²) >= 11 is 0. The molecule has 1 saturated heterocycles. The van der Waals surface area contributed by atoms with Gasteiger partial charge in [-0.1, -0.05) is 26.2 Å². The molecule has 1 saturated carbocycles. The highest BCUT2D eigenvalue weighted by molar-refractivity contribution is 4.86. The normalized spacial score (nSPS) is 34.2. The molecule has 0 bridgehead atoms. The van der Waals surface area contributed by atoms with E-state index < -0.39 is 0 Å². The van der Waals surface area contributed by atoms with Gasteiger partial charge in [-0.15, -0.1) is 0 Å². The van der Waals surface area contributed by atoms with Crippen molar-refractivity contribution in [1.29, 1.82) is 0 Å². The molecule has 3 unspecified atom stereocenters. The first-order valence-electron chi connectivity index (χ1n) is 7.88. The van der Waals surface area contributed by atoms with Crippen LogP contribution in [0.15, 0.2) is 0 Å². The number of nitrogens with zero attached hydrogens (tertiary/aromatic N) is 2. The molecule has 2 aliphatic rings. The van der Waals surface area contributed by atoms with Crippen LogP contribution in [0.25, 0.3) is 0 Å². The van der Waals surface area contributed by atoms with Crippen LogP contribution in [0, 0.1) is 0 Å². The van der Waals surface area contributed by atoms with E-state index in [1.807, 2.05) is 0 Å². The number of piperazine rings is 1. The summed E-state index contributed by atoms with van der Waals surface area (Å²) in [6, 6.07) is 1.15. The van der Waals surface area contributed by atoms with Crippen LogP contribution in [0.4, 0.5) is 0 Å². The number of aliphatic hydroxyl groups is 1. The topological polar surface area (TPSA) is 26.7 Å². The van der Waals surface area contributed by atoms with E-state index in [1.54, 1.807) is 0 Å². The Hall–Kier alpha value is -0.120. The van der Waals surface area contributed by atoms with Crippen LogP contribution in [0.2, 0.25) is 0 Å². The molecule has 2 rings (SSSR count). The fourth-order valence-electron chi connectivity index (χ4n) is 3.46. The van der Waals surface area contributed by atoms with Gasteiger partial charge < -0.3 is 5.11 Å². The van der Waals surface area contributed by atoms with Crippen molar-refractivity contribution in [2.24, 2.45) is 0 Å². The van der Waals surface area contributed by atoms with Gasteiger partial charge in [0, 0.05) is 38.3 Å². The summed E-state index contributed by atoms with van der Waals surface area (Å²) in [5.41, 5.74) is 0. The predicted octanol–water partition coefficient (Wildman–Crippen LogP) is 2.10. The predicted molar refractivity (Wildman–Crippen MR) is 75.8 cm³/mol. The minimum absolute atomic E-state index is 0.0809. The first-order chi connectivity index (χ1) is 8.72. The highest BCUT2D eigenvalue weighted by atomic mass is 16.3. The molecule has 0 spiro atoms. The first kappa shape index (κ1) is 14.3. The van der Waals surface area contributed by atoms with Crippen molar-refractivity contribution in [1.82, 2.24) is 9.80 Å². The third kappa shape index (κ3) is 3.46. The van der Waals surface area contributed by atoms with Gasteiger partial charge in [0.2, 0.25) is 0 Å². The van der Waals surface area contributed by atoms with Gasteiger partial charge in [0.15, 0.2) is 0 Å². The fraction of sp³-hybridized carbons (Fsp3) is 1.00. The van der Waals surface area contributed by atoms with Crippen molar-refractivity contribution in [2.45, 2.75) is 70.6 Å². The second kappa shape index (κ2) is 6.88. The molecule has 0 amide bonds. The van der Waals surface area contributed by atoms with E-state index in [0.29, 0.717) is 12.1 Å². The molecule has 1 aliphatic carbocycles. The third-order valence-corrected chi connectivity index (χ3v) is 4.98. The van der Waals surface area contributed by atoms with Gasteiger partial charge in [-0.05, 0) is 26.2 Å². The lowest BCUT2D eigenvalue weighted by molar-refractivity contribution is 0.00753. The third-order valence-electron chi connectivity index (χ3n) is 4.98. The average Bonchev–Trinajstić information content (AvgIpc) is 2.63. The van der Waals surface area contributed by atoms with Crippen molar-refractivity contribution in [3.63, 3.8) is 0 Å². The fourth-order valence-corrected chi connectivity index (χ4v) is 3.46. The quantitative estimate of drug-likeness (QED) is 0.781. The Morgan fingerprint density at radius 2 is 1.72 bits per heavy atom. The molecule has 1 N–H and O–H groups in total. The summed E-state index contributed by atoms with van der Waals surface area (Å²) in [6.45, 7) is 9.25. The summed E-state index contributed by atoms with van der Waals surface area (Å²) in [7, 11) is 0. The van der Waals surface area contributed by atoms with E-state index >= 15 is 0 Å². The molecule has 0 aromatic rings. The van der Waals surface area contributed by atoms with Gasteiger partial charge in [0.1, 0.15) is 0 Å². The van der Waals surface area contributed by atoms with Crippen molar-refractivity contribution in [3.8, 4) is 0 Å². The Labute approximate surface area is 112 Å². The second-order valence-electron chi connectivity index (χ2n) is 6.10.